The molecule has 0 spiro atoms. The molecule has 0 amide bonds. The molecule has 2 aromatic heterocycles. The van der Waals surface area contributed by atoms with Gasteiger partial charge in [0.05, 0.1) is 23.6 Å². The lowest BCUT2D eigenvalue weighted by molar-refractivity contribution is 0.574. The molecule has 0 radical (unpaired) electrons. The molecule has 1 unspecified atom stereocenters. The van der Waals surface area contributed by atoms with E-state index in [2.05, 4.69) is 26.5 Å². The van der Waals surface area contributed by atoms with Crippen molar-refractivity contribution < 1.29 is 8.78 Å². The maximum atomic E-state index is 14.2. The molecule has 1 aliphatic rings. The van der Waals surface area contributed by atoms with Crippen LogP contribution in [0.2, 0.25) is 0 Å². The first-order chi connectivity index (χ1) is 13.0. The molecule has 8 heteroatoms. The van der Waals surface area contributed by atoms with E-state index < -0.39 is 11.6 Å². The Kier molecular flexibility index (Phi) is 4.28. The van der Waals surface area contributed by atoms with Crippen LogP contribution in [-0.4, -0.2) is 19.7 Å². The van der Waals surface area contributed by atoms with Gasteiger partial charge in [-0.25, -0.2) is 23.4 Å². The molecule has 1 N–H and O–H groups in total. The number of nitrogens with zero attached hydrogens (tertiary/aromatic N) is 5. The van der Waals surface area contributed by atoms with Crippen molar-refractivity contribution >= 4 is 16.9 Å². The molecule has 1 aliphatic carbocycles. The summed E-state index contributed by atoms with van der Waals surface area (Å²) in [7, 11) is 0. The fourth-order valence-corrected chi connectivity index (χ4v) is 3.16. The fourth-order valence-electron chi connectivity index (χ4n) is 3.16. The van der Waals surface area contributed by atoms with Gasteiger partial charge in [0.25, 0.3) is 0 Å². The highest BCUT2D eigenvalue weighted by atomic mass is 19.1. The number of hydrogen-bond donors (Lipinski definition) is 1. The topological polar surface area (TPSA) is 79.4 Å². The Hall–Kier alpha value is -3.34. The van der Waals surface area contributed by atoms with Crippen molar-refractivity contribution in [2.75, 3.05) is 5.32 Å². The molecule has 0 saturated heterocycles. The van der Waals surface area contributed by atoms with Gasteiger partial charge >= 0.3 is 0 Å². The van der Waals surface area contributed by atoms with Crippen molar-refractivity contribution in [3.8, 4) is 11.8 Å². The zero-order valence-corrected chi connectivity index (χ0v) is 14.6. The minimum Gasteiger partial charge on any atom is -0.343 e. The average molecular weight is 366 g/mol. The first-order valence-corrected chi connectivity index (χ1v) is 8.58. The van der Waals surface area contributed by atoms with Crippen LogP contribution in [0.15, 0.2) is 36.2 Å². The van der Waals surface area contributed by atoms with E-state index in [-0.39, 0.29) is 11.6 Å². The van der Waals surface area contributed by atoms with Crippen LogP contribution in [-0.2, 0) is 0 Å². The largest absolute Gasteiger partial charge is 0.343 e. The molecule has 0 saturated carbocycles. The number of benzene rings is 1. The Morgan fingerprint density at radius 1 is 1.30 bits per heavy atom. The average Bonchev–Trinajstić information content (AvgIpc) is 3.06. The Morgan fingerprint density at radius 2 is 2.15 bits per heavy atom. The van der Waals surface area contributed by atoms with Gasteiger partial charge in [-0.2, -0.15) is 10.4 Å². The smallest absolute Gasteiger partial charge is 0.168 e. The van der Waals surface area contributed by atoms with Gasteiger partial charge in [0.1, 0.15) is 23.1 Å². The lowest BCUT2D eigenvalue weighted by Gasteiger charge is -2.18. The third kappa shape index (κ3) is 3.24. The summed E-state index contributed by atoms with van der Waals surface area (Å²) < 4.78 is 28.7. The summed E-state index contributed by atoms with van der Waals surface area (Å²) in [5.74, 6) is -0.246. The minimum atomic E-state index is -0.719. The molecule has 6 nitrogen and oxygen atoms in total. The van der Waals surface area contributed by atoms with Gasteiger partial charge in [-0.3, -0.25) is 0 Å². The van der Waals surface area contributed by atoms with E-state index in [1.165, 1.54) is 16.8 Å². The van der Waals surface area contributed by atoms with E-state index in [4.69, 9.17) is 5.26 Å². The zero-order chi connectivity index (χ0) is 19.0. The van der Waals surface area contributed by atoms with Crippen LogP contribution in [0, 0.1) is 35.8 Å². The summed E-state index contributed by atoms with van der Waals surface area (Å²) in [6.45, 7) is 1.74. The third-order valence-electron chi connectivity index (χ3n) is 4.55. The van der Waals surface area contributed by atoms with Crippen LogP contribution >= 0.6 is 0 Å². The van der Waals surface area contributed by atoms with E-state index in [0.717, 1.165) is 24.6 Å². The standard InChI is InChI=1S/C19H16F2N6/c1-11-24-18(26-14-5-2-12(9-22)3-6-14)15-10-23-27(19(15)25-11)17-7-4-13(20)8-16(17)21/h4-5,7-8,10,12H,2-3,6H2,1H3,(H,24,25,26). The van der Waals surface area contributed by atoms with Crippen LogP contribution in [0.4, 0.5) is 14.6 Å². The van der Waals surface area contributed by atoms with E-state index in [9.17, 15) is 8.78 Å². The number of anilines is 1. The van der Waals surface area contributed by atoms with Gasteiger partial charge in [-0.05, 0) is 38.3 Å². The van der Waals surface area contributed by atoms with E-state index >= 15 is 0 Å². The van der Waals surface area contributed by atoms with Crippen LogP contribution in [0.1, 0.15) is 25.1 Å². The molecule has 1 atom stereocenters. The summed E-state index contributed by atoms with van der Waals surface area (Å²) in [6, 6.07) is 5.60. The molecule has 0 fully saturated rings. The van der Waals surface area contributed by atoms with Crippen LogP contribution in [0.25, 0.3) is 16.7 Å². The molecule has 3 aromatic rings. The third-order valence-corrected chi connectivity index (χ3v) is 4.55. The molecule has 4 rings (SSSR count). The number of aromatic nitrogens is 4. The molecular formula is C19H16F2N6. The van der Waals surface area contributed by atoms with E-state index in [1.54, 1.807) is 13.1 Å². The van der Waals surface area contributed by atoms with Crippen LogP contribution < -0.4 is 5.32 Å². The second-order valence-corrected chi connectivity index (χ2v) is 6.46. The highest BCUT2D eigenvalue weighted by molar-refractivity contribution is 5.88. The highest BCUT2D eigenvalue weighted by Gasteiger charge is 2.18. The first-order valence-electron chi connectivity index (χ1n) is 8.58. The Bertz CT molecular complexity index is 1100. The van der Waals surface area contributed by atoms with Gasteiger partial charge in [-0.1, -0.05) is 6.08 Å². The Balaban J connectivity index is 1.75. The summed E-state index contributed by atoms with van der Waals surface area (Å²) in [4.78, 5) is 8.82. The molecule has 136 valence electrons. The van der Waals surface area contributed by atoms with Crippen molar-refractivity contribution in [1.82, 2.24) is 19.7 Å². The fraction of sp³-hybridized carbons (Fsp3) is 0.263. The van der Waals surface area contributed by atoms with Gasteiger partial charge in [0, 0.05) is 11.8 Å². The van der Waals surface area contributed by atoms with Gasteiger partial charge < -0.3 is 5.32 Å². The predicted molar refractivity (Wildman–Crippen MR) is 96.0 cm³/mol. The number of fused-ring (bicyclic) bond motifs is 1. The molecular weight excluding hydrogens is 350 g/mol. The second-order valence-electron chi connectivity index (χ2n) is 6.46. The minimum absolute atomic E-state index is 0.0481. The second kappa shape index (κ2) is 6.76. The quantitative estimate of drug-likeness (QED) is 0.757. The number of rotatable bonds is 3. The Morgan fingerprint density at radius 3 is 2.85 bits per heavy atom. The highest BCUT2D eigenvalue weighted by Crippen LogP contribution is 2.28. The van der Waals surface area contributed by atoms with Crippen LogP contribution in [0.5, 0.6) is 0 Å². The number of nitriles is 1. The van der Waals surface area contributed by atoms with E-state index in [1.807, 2.05) is 6.08 Å². The number of aryl methyl sites for hydroxylation is 1. The summed E-state index contributed by atoms with van der Waals surface area (Å²) in [5.41, 5.74) is 1.53. The maximum Gasteiger partial charge on any atom is 0.168 e. The van der Waals surface area contributed by atoms with Crippen molar-refractivity contribution in [3.05, 3.63) is 53.6 Å². The van der Waals surface area contributed by atoms with Crippen molar-refractivity contribution in [1.29, 1.82) is 5.26 Å². The lowest BCUT2D eigenvalue weighted by atomic mass is 9.94. The van der Waals surface area contributed by atoms with Crippen LogP contribution in [0.3, 0.4) is 0 Å². The lowest BCUT2D eigenvalue weighted by Crippen LogP contribution is -2.11. The first kappa shape index (κ1) is 17.1. The summed E-state index contributed by atoms with van der Waals surface area (Å²) >= 11 is 0. The molecule has 0 aliphatic heterocycles. The SMILES string of the molecule is Cc1nc(NC2=CCC(C#N)CC2)c2cnn(-c3ccc(F)cc3F)c2n1. The number of halogens is 2. The van der Waals surface area contributed by atoms with Crippen molar-refractivity contribution in [3.63, 3.8) is 0 Å². The normalized spacial score (nSPS) is 16.8. The molecule has 27 heavy (non-hydrogen) atoms. The molecule has 0 bridgehead atoms. The summed E-state index contributed by atoms with van der Waals surface area (Å²) in [6.07, 6.45) is 5.81. The Labute approximate surface area is 154 Å². The molecule has 2 heterocycles. The van der Waals surface area contributed by atoms with Gasteiger partial charge in [0.15, 0.2) is 11.5 Å². The monoisotopic (exact) mass is 366 g/mol. The number of hydrogen-bond acceptors (Lipinski definition) is 5. The summed E-state index contributed by atoms with van der Waals surface area (Å²) in [5, 5.41) is 17.2. The van der Waals surface area contributed by atoms with Crippen molar-refractivity contribution in [2.24, 2.45) is 5.92 Å². The van der Waals surface area contributed by atoms with E-state index in [0.29, 0.717) is 29.1 Å². The molecule has 1 aromatic carbocycles. The zero-order valence-electron chi connectivity index (χ0n) is 14.6. The van der Waals surface area contributed by atoms with Gasteiger partial charge in [0.2, 0.25) is 0 Å². The van der Waals surface area contributed by atoms with Crippen molar-refractivity contribution in [2.45, 2.75) is 26.2 Å². The number of nitrogens with one attached hydrogen (secondary N) is 1. The predicted octanol–water partition coefficient (Wildman–Crippen LogP) is 4.02. The maximum absolute atomic E-state index is 14.2. The number of allylic oxidation sites excluding steroid dienone is 2. The van der Waals surface area contributed by atoms with Gasteiger partial charge in [-0.15, -0.1) is 0 Å².